The van der Waals surface area contributed by atoms with Gasteiger partial charge in [0.2, 0.25) is 0 Å². The summed E-state index contributed by atoms with van der Waals surface area (Å²) in [4.78, 5) is 11.9. The molecule has 0 aliphatic rings. The molecule has 0 heterocycles. The van der Waals surface area contributed by atoms with E-state index in [1.807, 2.05) is 24.3 Å². The third-order valence-electron chi connectivity index (χ3n) is 3.34. The molecule has 0 atom stereocenters. The second-order valence-electron chi connectivity index (χ2n) is 5.13. The van der Waals surface area contributed by atoms with Gasteiger partial charge in [-0.05, 0) is 30.2 Å². The van der Waals surface area contributed by atoms with Crippen molar-refractivity contribution in [2.24, 2.45) is 0 Å². The Labute approximate surface area is 146 Å². The van der Waals surface area contributed by atoms with Gasteiger partial charge in [0.15, 0.2) is 0 Å². The van der Waals surface area contributed by atoms with Crippen LogP contribution in [0.25, 0.3) is 0 Å². The van der Waals surface area contributed by atoms with Crippen LogP contribution < -0.4 is 5.32 Å². The van der Waals surface area contributed by atoms with Crippen LogP contribution in [-0.4, -0.2) is 12.6 Å². The molecule has 2 aromatic carbocycles. The number of anilines is 2. The summed E-state index contributed by atoms with van der Waals surface area (Å²) in [5.41, 5.74) is 2.25. The quantitative estimate of drug-likeness (QED) is 0.519. The summed E-state index contributed by atoms with van der Waals surface area (Å²) < 4.78 is 5.22. The fourth-order valence-corrected chi connectivity index (χ4v) is 2.58. The molecule has 122 valence electrons. The van der Waals surface area contributed by atoms with E-state index in [1.165, 1.54) is 0 Å². The fourth-order valence-electron chi connectivity index (χ4n) is 2.09. The van der Waals surface area contributed by atoms with E-state index in [2.05, 4.69) is 12.2 Å². The lowest BCUT2D eigenvalue weighted by Gasteiger charge is -2.14. The zero-order valence-electron chi connectivity index (χ0n) is 12.9. The molecule has 2 rings (SSSR count). The molecule has 0 amide bonds. The van der Waals surface area contributed by atoms with Crippen LogP contribution in [0.4, 0.5) is 11.4 Å². The van der Waals surface area contributed by atoms with E-state index in [0.29, 0.717) is 22.3 Å². The van der Waals surface area contributed by atoms with E-state index in [0.717, 1.165) is 24.1 Å². The molecule has 0 saturated carbocycles. The Bertz CT molecular complexity index is 654. The molecule has 0 bridgehead atoms. The first-order valence-corrected chi connectivity index (χ1v) is 8.32. The van der Waals surface area contributed by atoms with Crippen molar-refractivity contribution in [1.29, 1.82) is 0 Å². The molecule has 5 heteroatoms. The highest BCUT2D eigenvalue weighted by molar-refractivity contribution is 6.39. The number of benzene rings is 2. The topological polar surface area (TPSA) is 38.3 Å². The lowest BCUT2D eigenvalue weighted by atomic mass is 10.1. The van der Waals surface area contributed by atoms with Crippen LogP contribution in [0.5, 0.6) is 0 Å². The molecule has 2 aromatic rings. The standard InChI is InChI=1S/C18H19Cl2NO2/c1-2-3-11-23-17(22)12-13-7-4-5-10-16(13)21-18-14(19)8-6-9-15(18)20/h4-10,21H,2-3,11-12H2,1H3. The largest absolute Gasteiger partial charge is 0.465 e. The van der Waals surface area contributed by atoms with E-state index in [1.54, 1.807) is 18.2 Å². The van der Waals surface area contributed by atoms with E-state index in [4.69, 9.17) is 27.9 Å². The summed E-state index contributed by atoms with van der Waals surface area (Å²) in [5, 5.41) is 4.26. The lowest BCUT2D eigenvalue weighted by molar-refractivity contribution is -0.142. The highest BCUT2D eigenvalue weighted by Crippen LogP contribution is 2.33. The molecule has 0 saturated heterocycles. The summed E-state index contributed by atoms with van der Waals surface area (Å²) in [6, 6.07) is 12.8. The molecule has 3 nitrogen and oxygen atoms in total. The normalized spacial score (nSPS) is 10.4. The van der Waals surface area contributed by atoms with E-state index in [-0.39, 0.29) is 12.4 Å². The molecule has 23 heavy (non-hydrogen) atoms. The van der Waals surface area contributed by atoms with Crippen LogP contribution in [0.3, 0.4) is 0 Å². The Morgan fingerprint density at radius 2 is 1.78 bits per heavy atom. The van der Waals surface area contributed by atoms with Crippen LogP contribution in [-0.2, 0) is 16.0 Å². The van der Waals surface area contributed by atoms with Crippen molar-refractivity contribution < 1.29 is 9.53 Å². The third kappa shape index (κ3) is 5.15. The van der Waals surface area contributed by atoms with Crippen molar-refractivity contribution in [3.63, 3.8) is 0 Å². The molecule has 0 radical (unpaired) electrons. The van der Waals surface area contributed by atoms with Crippen molar-refractivity contribution >= 4 is 40.5 Å². The van der Waals surface area contributed by atoms with E-state index >= 15 is 0 Å². The fraction of sp³-hybridized carbons (Fsp3) is 0.278. The monoisotopic (exact) mass is 351 g/mol. The van der Waals surface area contributed by atoms with Crippen molar-refractivity contribution in [3.05, 3.63) is 58.1 Å². The van der Waals surface area contributed by atoms with Gasteiger partial charge in [0, 0.05) is 5.69 Å². The number of carbonyl (C=O) groups excluding carboxylic acids is 1. The van der Waals surface area contributed by atoms with Crippen LogP contribution >= 0.6 is 23.2 Å². The van der Waals surface area contributed by atoms with Gasteiger partial charge in [0.25, 0.3) is 0 Å². The smallest absolute Gasteiger partial charge is 0.310 e. The Morgan fingerprint density at radius 3 is 2.48 bits per heavy atom. The molecular formula is C18H19Cl2NO2. The first-order valence-electron chi connectivity index (χ1n) is 7.56. The number of nitrogens with one attached hydrogen (secondary N) is 1. The van der Waals surface area contributed by atoms with Gasteiger partial charge < -0.3 is 10.1 Å². The Morgan fingerprint density at radius 1 is 1.09 bits per heavy atom. The third-order valence-corrected chi connectivity index (χ3v) is 3.97. The zero-order chi connectivity index (χ0) is 16.7. The van der Waals surface area contributed by atoms with Gasteiger partial charge in [-0.2, -0.15) is 0 Å². The molecule has 0 unspecified atom stereocenters. The summed E-state index contributed by atoms with van der Waals surface area (Å²) in [5.74, 6) is -0.238. The second-order valence-corrected chi connectivity index (χ2v) is 5.94. The minimum absolute atomic E-state index is 0.203. The first kappa shape index (κ1) is 17.6. The minimum Gasteiger partial charge on any atom is -0.465 e. The maximum atomic E-state index is 11.9. The number of hydrogen-bond acceptors (Lipinski definition) is 3. The highest BCUT2D eigenvalue weighted by atomic mass is 35.5. The summed E-state index contributed by atoms with van der Waals surface area (Å²) in [7, 11) is 0. The number of rotatable bonds is 7. The summed E-state index contributed by atoms with van der Waals surface area (Å²) >= 11 is 12.4. The number of hydrogen-bond donors (Lipinski definition) is 1. The molecule has 0 aromatic heterocycles. The van der Waals surface area contributed by atoms with E-state index < -0.39 is 0 Å². The first-order chi connectivity index (χ1) is 11.1. The Kier molecular flexibility index (Phi) is 6.75. The predicted molar refractivity (Wildman–Crippen MR) is 95.8 cm³/mol. The average Bonchev–Trinajstić information content (AvgIpc) is 2.53. The summed E-state index contributed by atoms with van der Waals surface area (Å²) in [6.07, 6.45) is 2.08. The van der Waals surface area contributed by atoms with Gasteiger partial charge in [-0.3, -0.25) is 4.79 Å². The van der Waals surface area contributed by atoms with Gasteiger partial charge in [0.1, 0.15) is 0 Å². The second kappa shape index (κ2) is 8.80. The van der Waals surface area contributed by atoms with E-state index in [9.17, 15) is 4.79 Å². The number of halogens is 2. The molecular weight excluding hydrogens is 333 g/mol. The number of esters is 1. The maximum absolute atomic E-state index is 11.9. The van der Waals surface area contributed by atoms with Gasteiger partial charge in [-0.1, -0.05) is 60.8 Å². The minimum atomic E-state index is -0.238. The molecule has 0 spiro atoms. The molecule has 0 fully saturated rings. The van der Waals surface area contributed by atoms with Gasteiger partial charge in [-0.15, -0.1) is 0 Å². The highest BCUT2D eigenvalue weighted by Gasteiger charge is 2.11. The molecule has 0 aliphatic carbocycles. The van der Waals surface area contributed by atoms with Crippen LogP contribution in [0.2, 0.25) is 10.0 Å². The SMILES string of the molecule is CCCCOC(=O)Cc1ccccc1Nc1c(Cl)cccc1Cl. The maximum Gasteiger partial charge on any atom is 0.310 e. The van der Waals surface area contributed by atoms with Crippen molar-refractivity contribution in [2.45, 2.75) is 26.2 Å². The van der Waals surface area contributed by atoms with Crippen LogP contribution in [0.1, 0.15) is 25.3 Å². The number of para-hydroxylation sites is 2. The van der Waals surface area contributed by atoms with Crippen molar-refractivity contribution in [1.82, 2.24) is 0 Å². The van der Waals surface area contributed by atoms with Gasteiger partial charge >= 0.3 is 5.97 Å². The lowest BCUT2D eigenvalue weighted by Crippen LogP contribution is -2.10. The number of carbonyl (C=O) groups is 1. The average molecular weight is 352 g/mol. The summed E-state index contributed by atoms with van der Waals surface area (Å²) in [6.45, 7) is 2.52. The zero-order valence-corrected chi connectivity index (χ0v) is 14.5. The van der Waals surface area contributed by atoms with Gasteiger partial charge in [0.05, 0.1) is 28.8 Å². The van der Waals surface area contributed by atoms with Gasteiger partial charge in [-0.25, -0.2) is 0 Å². The van der Waals surface area contributed by atoms with Crippen LogP contribution in [0.15, 0.2) is 42.5 Å². The van der Waals surface area contributed by atoms with Crippen molar-refractivity contribution in [3.8, 4) is 0 Å². The Balaban J connectivity index is 2.13. The van der Waals surface area contributed by atoms with Crippen LogP contribution in [0, 0.1) is 0 Å². The predicted octanol–water partition coefficient (Wildman–Crippen LogP) is 5.62. The van der Waals surface area contributed by atoms with Crippen molar-refractivity contribution in [2.75, 3.05) is 11.9 Å². The number of unbranched alkanes of at least 4 members (excludes halogenated alkanes) is 1. The molecule has 1 N–H and O–H groups in total. The Hall–Kier alpha value is -1.71. The molecule has 0 aliphatic heterocycles. The number of ether oxygens (including phenoxy) is 1.